The molecule has 0 spiro atoms. The average Bonchev–Trinajstić information content (AvgIpc) is 3.18. The van der Waals surface area contributed by atoms with E-state index in [2.05, 4.69) is 12.2 Å². The summed E-state index contributed by atoms with van der Waals surface area (Å²) in [4.78, 5) is 12.9. The highest BCUT2D eigenvalue weighted by molar-refractivity contribution is 7.19. The average molecular weight is 294 g/mol. The van der Waals surface area contributed by atoms with Gasteiger partial charge in [-0.15, -0.1) is 11.3 Å². The molecule has 0 aliphatic heterocycles. The predicted molar refractivity (Wildman–Crippen MR) is 82.8 cm³/mol. The molecule has 0 unspecified atom stereocenters. The summed E-state index contributed by atoms with van der Waals surface area (Å²) in [5.74, 6) is 1.02. The molecule has 3 N–H and O–H groups in total. The molecule has 20 heavy (non-hydrogen) atoms. The molecule has 2 saturated carbocycles. The minimum atomic E-state index is 0.189. The highest BCUT2D eigenvalue weighted by atomic mass is 32.1. The van der Waals surface area contributed by atoms with Crippen molar-refractivity contribution >= 4 is 27.8 Å². The van der Waals surface area contributed by atoms with E-state index in [1.165, 1.54) is 30.6 Å². The molecule has 110 valence electrons. The number of methoxy groups -OCH3 is 1. The second-order valence-electron chi connectivity index (χ2n) is 6.36. The maximum absolute atomic E-state index is 12.2. The van der Waals surface area contributed by atoms with Crippen molar-refractivity contribution in [1.82, 2.24) is 0 Å². The van der Waals surface area contributed by atoms with E-state index in [0.29, 0.717) is 21.7 Å². The van der Waals surface area contributed by atoms with Gasteiger partial charge in [0.25, 0.3) is 0 Å². The van der Waals surface area contributed by atoms with Crippen LogP contribution >= 0.6 is 11.3 Å². The first kappa shape index (κ1) is 13.7. The molecule has 1 heterocycles. The first-order valence-corrected chi connectivity index (χ1v) is 8.10. The van der Waals surface area contributed by atoms with Gasteiger partial charge in [-0.05, 0) is 31.1 Å². The number of rotatable bonds is 6. The lowest BCUT2D eigenvalue weighted by Gasteiger charge is -2.38. The number of carbonyl (C=O) groups excluding carboxylic acids is 1. The van der Waals surface area contributed by atoms with Crippen molar-refractivity contribution in [2.24, 2.45) is 11.3 Å². The summed E-state index contributed by atoms with van der Waals surface area (Å²) in [7, 11) is 1.61. The van der Waals surface area contributed by atoms with Crippen LogP contribution in [0.25, 0.3) is 0 Å². The summed E-state index contributed by atoms with van der Waals surface area (Å²) in [5.41, 5.74) is 6.98. The Morgan fingerprint density at radius 3 is 2.70 bits per heavy atom. The molecule has 2 aliphatic carbocycles. The van der Waals surface area contributed by atoms with Gasteiger partial charge in [0.2, 0.25) is 0 Å². The van der Waals surface area contributed by atoms with Gasteiger partial charge < -0.3 is 15.8 Å². The molecular formula is C15H22N2O2S. The number of nitrogens with two attached hydrogens (primary N) is 1. The molecule has 0 amide bonds. The third-order valence-electron chi connectivity index (χ3n) is 4.51. The number of ketones is 1. The van der Waals surface area contributed by atoms with Crippen LogP contribution in [-0.4, -0.2) is 19.4 Å². The minimum absolute atomic E-state index is 0.189. The van der Waals surface area contributed by atoms with E-state index in [0.717, 1.165) is 24.4 Å². The van der Waals surface area contributed by atoms with E-state index in [1.807, 2.05) is 0 Å². The van der Waals surface area contributed by atoms with Crippen molar-refractivity contribution in [1.29, 1.82) is 0 Å². The molecule has 1 aromatic heterocycles. The van der Waals surface area contributed by atoms with Gasteiger partial charge >= 0.3 is 0 Å². The van der Waals surface area contributed by atoms with E-state index < -0.39 is 0 Å². The van der Waals surface area contributed by atoms with Gasteiger partial charge in [0.15, 0.2) is 11.5 Å². The topological polar surface area (TPSA) is 64.3 Å². The van der Waals surface area contributed by atoms with Crippen LogP contribution in [0.4, 0.5) is 10.7 Å². The molecule has 3 rings (SSSR count). The Bertz CT molecular complexity index is 530. The number of thiophene rings is 1. The van der Waals surface area contributed by atoms with Crippen LogP contribution in [0.15, 0.2) is 0 Å². The van der Waals surface area contributed by atoms with E-state index >= 15 is 0 Å². The van der Waals surface area contributed by atoms with Crippen molar-refractivity contribution in [3.63, 3.8) is 0 Å². The monoisotopic (exact) mass is 294 g/mol. The van der Waals surface area contributed by atoms with Crippen molar-refractivity contribution in [2.45, 2.75) is 39.0 Å². The second kappa shape index (κ2) is 4.95. The van der Waals surface area contributed by atoms with Crippen LogP contribution in [0, 0.1) is 11.3 Å². The molecule has 0 radical (unpaired) electrons. The van der Waals surface area contributed by atoms with Crippen molar-refractivity contribution in [3.05, 3.63) is 4.88 Å². The number of hydrogen-bond donors (Lipinski definition) is 2. The fourth-order valence-corrected chi connectivity index (χ4v) is 3.82. The molecule has 0 saturated heterocycles. The number of nitrogen functional groups attached to an aromatic ring is 1. The molecule has 5 heteroatoms. The SMILES string of the molecule is COc1c(NCC2(C)CCC2)sc(C(=O)C2CC2)c1N. The van der Waals surface area contributed by atoms with Gasteiger partial charge in [-0.1, -0.05) is 13.3 Å². The zero-order chi connectivity index (χ0) is 14.3. The van der Waals surface area contributed by atoms with Crippen LogP contribution < -0.4 is 15.8 Å². The van der Waals surface area contributed by atoms with Crippen LogP contribution in [0.1, 0.15) is 48.7 Å². The van der Waals surface area contributed by atoms with E-state index in [4.69, 9.17) is 10.5 Å². The van der Waals surface area contributed by atoms with Gasteiger partial charge in [-0.25, -0.2) is 0 Å². The Kier molecular flexibility index (Phi) is 3.40. The van der Waals surface area contributed by atoms with Crippen molar-refractivity contribution in [3.8, 4) is 5.75 Å². The van der Waals surface area contributed by atoms with Gasteiger partial charge in [0.05, 0.1) is 17.7 Å². The van der Waals surface area contributed by atoms with Gasteiger partial charge in [-0.2, -0.15) is 0 Å². The van der Waals surface area contributed by atoms with Crippen LogP contribution in [0.3, 0.4) is 0 Å². The molecule has 1 aromatic rings. The molecule has 2 aliphatic rings. The number of ether oxygens (including phenoxy) is 1. The first-order valence-electron chi connectivity index (χ1n) is 7.28. The highest BCUT2D eigenvalue weighted by Crippen LogP contribution is 2.47. The Morgan fingerprint density at radius 2 is 2.20 bits per heavy atom. The lowest BCUT2D eigenvalue weighted by molar-refractivity contribution is 0.0972. The summed E-state index contributed by atoms with van der Waals surface area (Å²) < 4.78 is 5.39. The Morgan fingerprint density at radius 1 is 1.50 bits per heavy atom. The van der Waals surface area contributed by atoms with Gasteiger partial charge in [-0.3, -0.25) is 4.79 Å². The number of Topliss-reactive ketones (excluding diaryl/α,β-unsaturated/α-hetero) is 1. The van der Waals surface area contributed by atoms with Crippen molar-refractivity contribution < 1.29 is 9.53 Å². The van der Waals surface area contributed by atoms with E-state index in [-0.39, 0.29) is 11.7 Å². The summed E-state index contributed by atoms with van der Waals surface area (Å²) in [5, 5.41) is 4.35. The fourth-order valence-electron chi connectivity index (χ4n) is 2.71. The van der Waals surface area contributed by atoms with E-state index in [9.17, 15) is 4.79 Å². The maximum Gasteiger partial charge on any atom is 0.178 e. The summed E-state index contributed by atoms with van der Waals surface area (Å²) in [6.45, 7) is 3.21. The Labute approximate surface area is 123 Å². The second-order valence-corrected chi connectivity index (χ2v) is 7.38. The summed E-state index contributed by atoms with van der Waals surface area (Å²) in [6.07, 6.45) is 5.83. The Hall–Kier alpha value is -1.23. The lowest BCUT2D eigenvalue weighted by atomic mass is 9.70. The maximum atomic E-state index is 12.2. The number of anilines is 2. The predicted octanol–water partition coefficient (Wildman–Crippen LogP) is 3.53. The normalized spacial score (nSPS) is 20.3. The smallest absolute Gasteiger partial charge is 0.178 e. The molecule has 4 nitrogen and oxygen atoms in total. The lowest BCUT2D eigenvalue weighted by Crippen LogP contribution is -2.33. The van der Waals surface area contributed by atoms with Crippen LogP contribution in [-0.2, 0) is 0 Å². The third-order valence-corrected chi connectivity index (χ3v) is 5.67. The first-order chi connectivity index (χ1) is 9.54. The third kappa shape index (κ3) is 2.39. The van der Waals surface area contributed by atoms with Crippen molar-refractivity contribution in [2.75, 3.05) is 24.7 Å². The van der Waals surface area contributed by atoms with Crippen LogP contribution in [0.5, 0.6) is 5.75 Å². The molecule has 2 fully saturated rings. The molecule has 0 aromatic carbocycles. The largest absolute Gasteiger partial charge is 0.492 e. The van der Waals surface area contributed by atoms with E-state index in [1.54, 1.807) is 7.11 Å². The van der Waals surface area contributed by atoms with Crippen LogP contribution in [0.2, 0.25) is 0 Å². The molecular weight excluding hydrogens is 272 g/mol. The minimum Gasteiger partial charge on any atom is -0.492 e. The van der Waals surface area contributed by atoms with Gasteiger partial charge in [0, 0.05) is 12.5 Å². The standard InChI is InChI=1S/C15H22N2O2S/c1-15(6-3-7-15)8-17-14-12(19-2)10(16)13(20-14)11(18)9-4-5-9/h9,17H,3-8,16H2,1-2H3. The zero-order valence-electron chi connectivity index (χ0n) is 12.1. The number of carbonyl (C=O) groups is 1. The highest BCUT2D eigenvalue weighted by Gasteiger charge is 2.35. The van der Waals surface area contributed by atoms with Gasteiger partial charge in [0.1, 0.15) is 5.00 Å². The zero-order valence-corrected chi connectivity index (χ0v) is 12.9. The Balaban J connectivity index is 1.78. The quantitative estimate of drug-likeness (QED) is 0.788. The molecule has 0 atom stereocenters. The molecule has 0 bridgehead atoms. The summed E-state index contributed by atoms with van der Waals surface area (Å²) >= 11 is 1.45. The fraction of sp³-hybridized carbons (Fsp3) is 0.667. The number of nitrogens with one attached hydrogen (secondary N) is 1. The summed E-state index contributed by atoms with van der Waals surface area (Å²) in [6, 6.07) is 0. The number of hydrogen-bond acceptors (Lipinski definition) is 5.